The first-order valence-electron chi connectivity index (χ1n) is 8.40. The quantitative estimate of drug-likeness (QED) is 0.600. The van der Waals surface area contributed by atoms with Crippen LogP contribution in [0.15, 0.2) is 33.5 Å². The van der Waals surface area contributed by atoms with Crippen molar-refractivity contribution in [3.05, 3.63) is 40.2 Å². The lowest BCUT2D eigenvalue weighted by atomic mass is 9.99. The number of carbonyl (C=O) groups is 2. The average Bonchev–Trinajstić information content (AvgIpc) is 2.62. The lowest BCUT2D eigenvalue weighted by molar-refractivity contribution is -0.146. The predicted octanol–water partition coefficient (Wildman–Crippen LogP) is 2.18. The van der Waals surface area contributed by atoms with E-state index in [1.165, 1.54) is 13.2 Å². The molecule has 7 nitrogen and oxygen atoms in total. The van der Waals surface area contributed by atoms with Crippen LogP contribution in [0, 0.1) is 12.8 Å². The third kappa shape index (κ3) is 4.62. The van der Waals surface area contributed by atoms with Gasteiger partial charge in [-0.25, -0.2) is 9.59 Å². The molecule has 0 bridgehead atoms. The zero-order valence-corrected chi connectivity index (χ0v) is 15.3. The summed E-state index contributed by atoms with van der Waals surface area (Å²) in [5, 5.41) is 3.43. The fourth-order valence-corrected chi connectivity index (χ4v) is 2.56. The highest BCUT2D eigenvalue weighted by Gasteiger charge is 2.26. The van der Waals surface area contributed by atoms with Crippen LogP contribution in [0.5, 0.6) is 5.75 Å². The molecule has 0 radical (unpaired) electrons. The van der Waals surface area contributed by atoms with Gasteiger partial charge >= 0.3 is 11.6 Å². The number of benzene rings is 1. The van der Waals surface area contributed by atoms with Gasteiger partial charge in [0.25, 0.3) is 5.91 Å². The van der Waals surface area contributed by atoms with Gasteiger partial charge in [0.2, 0.25) is 0 Å². The Morgan fingerprint density at radius 3 is 2.65 bits per heavy atom. The van der Waals surface area contributed by atoms with Gasteiger partial charge in [0, 0.05) is 17.5 Å². The van der Waals surface area contributed by atoms with E-state index >= 15 is 0 Å². The number of fused-ring (bicyclic) bond motifs is 1. The van der Waals surface area contributed by atoms with E-state index < -0.39 is 23.5 Å². The number of carbonyl (C=O) groups excluding carboxylic acids is 2. The Morgan fingerprint density at radius 2 is 2.00 bits per heavy atom. The molecule has 0 aliphatic carbocycles. The largest absolute Gasteiger partial charge is 0.484 e. The number of aryl methyl sites for hydroxylation is 1. The van der Waals surface area contributed by atoms with Crippen molar-refractivity contribution in [1.29, 1.82) is 0 Å². The Balaban J connectivity index is 2.05. The highest BCUT2D eigenvalue weighted by Crippen LogP contribution is 2.22. The third-order valence-electron chi connectivity index (χ3n) is 4.28. The van der Waals surface area contributed by atoms with E-state index in [0.29, 0.717) is 17.8 Å². The maximum atomic E-state index is 12.1. The maximum absolute atomic E-state index is 12.1. The number of rotatable bonds is 7. The highest BCUT2D eigenvalue weighted by molar-refractivity contribution is 5.85. The molecule has 0 fully saturated rings. The van der Waals surface area contributed by atoms with E-state index in [2.05, 4.69) is 5.32 Å². The van der Waals surface area contributed by atoms with Crippen LogP contribution in [-0.2, 0) is 14.3 Å². The zero-order valence-electron chi connectivity index (χ0n) is 15.3. The van der Waals surface area contributed by atoms with Crippen LogP contribution in [0.4, 0.5) is 0 Å². The van der Waals surface area contributed by atoms with Gasteiger partial charge in [0.1, 0.15) is 17.4 Å². The van der Waals surface area contributed by atoms with Crippen molar-refractivity contribution in [2.45, 2.75) is 33.2 Å². The molecule has 1 amide bonds. The molecule has 7 heteroatoms. The molecule has 0 spiro atoms. The standard InChI is InChI=1S/C19H23NO6/c1-5-11(2)18(19(23)24-4)20-16(21)10-25-13-6-7-14-12(3)8-17(22)26-15(14)9-13/h6-9,11,18H,5,10H2,1-4H3,(H,20,21)/t11-,18-/m1/s1. The minimum absolute atomic E-state index is 0.0654. The summed E-state index contributed by atoms with van der Waals surface area (Å²) < 4.78 is 15.3. The van der Waals surface area contributed by atoms with Crippen LogP contribution in [0.2, 0.25) is 0 Å². The van der Waals surface area contributed by atoms with Gasteiger partial charge in [-0.15, -0.1) is 0 Å². The normalized spacial score (nSPS) is 13.1. The summed E-state index contributed by atoms with van der Waals surface area (Å²) in [4.78, 5) is 35.4. The topological polar surface area (TPSA) is 94.8 Å². The van der Waals surface area contributed by atoms with Crippen molar-refractivity contribution >= 4 is 22.8 Å². The smallest absolute Gasteiger partial charge is 0.336 e. The number of hydrogen-bond donors (Lipinski definition) is 1. The molecule has 1 aromatic heterocycles. The van der Waals surface area contributed by atoms with Crippen molar-refractivity contribution in [2.24, 2.45) is 5.92 Å². The summed E-state index contributed by atoms with van der Waals surface area (Å²) in [5.41, 5.74) is 0.745. The first-order valence-corrected chi connectivity index (χ1v) is 8.40. The van der Waals surface area contributed by atoms with E-state index in [1.54, 1.807) is 18.2 Å². The number of methoxy groups -OCH3 is 1. The number of hydrogen-bond acceptors (Lipinski definition) is 6. The Morgan fingerprint density at radius 1 is 1.27 bits per heavy atom. The van der Waals surface area contributed by atoms with Crippen molar-refractivity contribution in [3.8, 4) is 5.75 Å². The van der Waals surface area contributed by atoms with Gasteiger partial charge in [-0.05, 0) is 30.5 Å². The molecular formula is C19H23NO6. The van der Waals surface area contributed by atoms with Crippen LogP contribution < -0.4 is 15.7 Å². The second-order valence-electron chi connectivity index (χ2n) is 6.15. The van der Waals surface area contributed by atoms with E-state index in [9.17, 15) is 14.4 Å². The second-order valence-corrected chi connectivity index (χ2v) is 6.15. The summed E-state index contributed by atoms with van der Waals surface area (Å²) in [6, 6.07) is 5.70. The first kappa shape index (κ1) is 19.5. The zero-order chi connectivity index (χ0) is 19.3. The maximum Gasteiger partial charge on any atom is 0.336 e. The Kier molecular flexibility index (Phi) is 6.38. The Bertz CT molecular complexity index is 857. The third-order valence-corrected chi connectivity index (χ3v) is 4.28. The molecule has 140 valence electrons. The summed E-state index contributed by atoms with van der Waals surface area (Å²) in [6.07, 6.45) is 0.712. The van der Waals surface area contributed by atoms with Gasteiger partial charge in [0.05, 0.1) is 7.11 Å². The minimum Gasteiger partial charge on any atom is -0.484 e. The molecular weight excluding hydrogens is 338 g/mol. The van der Waals surface area contributed by atoms with Crippen molar-refractivity contribution < 1.29 is 23.5 Å². The van der Waals surface area contributed by atoms with Crippen molar-refractivity contribution in [3.63, 3.8) is 0 Å². The van der Waals surface area contributed by atoms with Gasteiger partial charge in [0.15, 0.2) is 6.61 Å². The predicted molar refractivity (Wildman–Crippen MR) is 96.1 cm³/mol. The molecule has 0 unspecified atom stereocenters. The molecule has 1 heterocycles. The molecule has 1 N–H and O–H groups in total. The van der Waals surface area contributed by atoms with Crippen LogP contribution in [0.25, 0.3) is 11.0 Å². The molecule has 26 heavy (non-hydrogen) atoms. The number of ether oxygens (including phenoxy) is 2. The fraction of sp³-hybridized carbons (Fsp3) is 0.421. The molecule has 0 aliphatic rings. The van der Waals surface area contributed by atoms with Gasteiger partial charge < -0.3 is 19.2 Å². The van der Waals surface area contributed by atoms with Gasteiger partial charge in [-0.3, -0.25) is 4.79 Å². The van der Waals surface area contributed by atoms with E-state index in [0.717, 1.165) is 10.9 Å². The molecule has 2 rings (SSSR count). The van der Waals surface area contributed by atoms with E-state index in [-0.39, 0.29) is 12.5 Å². The lowest BCUT2D eigenvalue weighted by Gasteiger charge is -2.21. The molecule has 0 aliphatic heterocycles. The average molecular weight is 361 g/mol. The van der Waals surface area contributed by atoms with Crippen molar-refractivity contribution in [1.82, 2.24) is 5.32 Å². The van der Waals surface area contributed by atoms with E-state index in [4.69, 9.17) is 13.9 Å². The molecule has 0 saturated heterocycles. The SMILES string of the molecule is CC[C@@H](C)[C@@H](NC(=O)COc1ccc2c(C)cc(=O)oc2c1)C(=O)OC. The van der Waals surface area contributed by atoms with Gasteiger partial charge in [-0.1, -0.05) is 20.3 Å². The van der Waals surface area contributed by atoms with Gasteiger partial charge in [-0.2, -0.15) is 0 Å². The molecule has 0 saturated carbocycles. The number of amides is 1. The van der Waals surface area contributed by atoms with Crippen molar-refractivity contribution in [2.75, 3.05) is 13.7 Å². The summed E-state index contributed by atoms with van der Waals surface area (Å²) in [7, 11) is 1.28. The fourth-order valence-electron chi connectivity index (χ4n) is 2.56. The molecule has 2 atom stereocenters. The van der Waals surface area contributed by atoms with Crippen LogP contribution in [-0.4, -0.2) is 31.6 Å². The number of esters is 1. The van der Waals surface area contributed by atoms with Crippen LogP contribution >= 0.6 is 0 Å². The number of nitrogens with one attached hydrogen (secondary N) is 1. The monoisotopic (exact) mass is 361 g/mol. The molecule has 2 aromatic rings. The summed E-state index contributed by atoms with van der Waals surface area (Å²) in [5.74, 6) is -0.606. The highest BCUT2D eigenvalue weighted by atomic mass is 16.5. The second kappa shape index (κ2) is 8.51. The summed E-state index contributed by atoms with van der Waals surface area (Å²) in [6.45, 7) is 5.32. The Hall–Kier alpha value is -2.83. The minimum atomic E-state index is -0.724. The Labute approximate surface area is 151 Å². The van der Waals surface area contributed by atoms with Crippen LogP contribution in [0.3, 0.4) is 0 Å². The molecule has 1 aromatic carbocycles. The van der Waals surface area contributed by atoms with E-state index in [1.807, 2.05) is 20.8 Å². The first-order chi connectivity index (χ1) is 12.3. The van der Waals surface area contributed by atoms with Crippen LogP contribution in [0.1, 0.15) is 25.8 Å². The summed E-state index contributed by atoms with van der Waals surface area (Å²) >= 11 is 0. The lowest BCUT2D eigenvalue weighted by Crippen LogP contribution is -2.47.